The zero-order valence-corrected chi connectivity index (χ0v) is 19.7. The number of carbonyl (C=O) groups excluding carboxylic acids is 1. The second-order valence-corrected chi connectivity index (χ2v) is 9.74. The van der Waals surface area contributed by atoms with Crippen LogP contribution < -0.4 is 10.0 Å². The van der Waals surface area contributed by atoms with Gasteiger partial charge in [-0.1, -0.05) is 65.3 Å². The maximum absolute atomic E-state index is 12.9. The van der Waals surface area contributed by atoms with Gasteiger partial charge in [-0.05, 0) is 43.7 Å². The lowest BCUT2D eigenvalue weighted by molar-refractivity contribution is 0.0976. The monoisotopic (exact) mass is 475 g/mol. The second kappa shape index (κ2) is 9.93. The summed E-state index contributed by atoms with van der Waals surface area (Å²) in [6.07, 6.45) is 0.250. The normalized spacial score (nSPS) is 12.2. The Morgan fingerprint density at radius 3 is 2.24 bits per heavy atom. The zero-order chi connectivity index (χ0) is 24.1. The minimum absolute atomic E-state index is 0.0185. The van der Waals surface area contributed by atoms with Gasteiger partial charge in [0.05, 0.1) is 10.9 Å². The van der Waals surface area contributed by atoms with Crippen LogP contribution in [0.25, 0.3) is 0 Å². The molecule has 8 heteroatoms. The summed E-state index contributed by atoms with van der Waals surface area (Å²) < 4.78 is 32.6. The standard InChI is InChI=1S/C26H25N3O4S/c1-18-8-10-20(11-9-18)24(17-25(30)21-6-4-3-5-7-21)27-22-12-14-23(15-13-22)34(31,32)29-26-16-19(2)33-28-26/h3-16,24,27H,17H2,1-2H3,(H,28,29). The molecule has 4 rings (SSSR count). The minimum Gasteiger partial charge on any atom is -0.378 e. The summed E-state index contributed by atoms with van der Waals surface area (Å²) in [5.74, 6) is 0.646. The third-order valence-corrected chi connectivity index (χ3v) is 6.71. The van der Waals surface area contributed by atoms with E-state index in [1.54, 1.807) is 31.2 Å². The topological polar surface area (TPSA) is 101 Å². The number of sulfonamides is 1. The van der Waals surface area contributed by atoms with Gasteiger partial charge in [-0.25, -0.2) is 8.42 Å². The van der Waals surface area contributed by atoms with Gasteiger partial charge in [0.1, 0.15) is 5.76 Å². The van der Waals surface area contributed by atoms with Gasteiger partial charge >= 0.3 is 0 Å². The first-order valence-corrected chi connectivity index (χ1v) is 12.3. The third-order valence-electron chi connectivity index (χ3n) is 5.34. The van der Waals surface area contributed by atoms with Crippen LogP contribution in [0, 0.1) is 13.8 Å². The largest absolute Gasteiger partial charge is 0.378 e. The number of Topliss-reactive ketones (excluding diaryl/α,β-unsaturated/α-hetero) is 1. The van der Waals surface area contributed by atoms with Crippen LogP contribution in [0.2, 0.25) is 0 Å². The van der Waals surface area contributed by atoms with Crippen molar-refractivity contribution >= 4 is 27.3 Å². The Kier molecular flexibility index (Phi) is 6.79. The first-order valence-electron chi connectivity index (χ1n) is 10.8. The van der Waals surface area contributed by atoms with Crippen molar-refractivity contribution in [1.82, 2.24) is 5.16 Å². The van der Waals surface area contributed by atoms with Gasteiger partial charge in [0.2, 0.25) is 0 Å². The lowest BCUT2D eigenvalue weighted by Crippen LogP contribution is -2.16. The SMILES string of the molecule is Cc1ccc(C(CC(=O)c2ccccc2)Nc2ccc(S(=O)(=O)Nc3cc(C)on3)cc2)cc1. The summed E-state index contributed by atoms with van der Waals surface area (Å²) in [5.41, 5.74) is 3.44. The molecule has 0 fully saturated rings. The van der Waals surface area contributed by atoms with Crippen molar-refractivity contribution in [2.45, 2.75) is 31.2 Å². The molecule has 34 heavy (non-hydrogen) atoms. The van der Waals surface area contributed by atoms with Crippen LogP contribution in [0.4, 0.5) is 11.5 Å². The Morgan fingerprint density at radius 1 is 0.941 bits per heavy atom. The van der Waals surface area contributed by atoms with Crippen molar-refractivity contribution in [3.8, 4) is 0 Å². The van der Waals surface area contributed by atoms with E-state index >= 15 is 0 Å². The number of anilines is 2. The first kappa shape index (κ1) is 23.3. The van der Waals surface area contributed by atoms with Gasteiger partial charge in [0.15, 0.2) is 11.6 Å². The summed E-state index contributed by atoms with van der Waals surface area (Å²) >= 11 is 0. The predicted octanol–water partition coefficient (Wildman–Crippen LogP) is 5.52. The van der Waals surface area contributed by atoms with Crippen molar-refractivity contribution in [1.29, 1.82) is 0 Å². The molecule has 174 valence electrons. The minimum atomic E-state index is -3.81. The molecular formula is C26H25N3O4S. The molecule has 3 aromatic carbocycles. The highest BCUT2D eigenvalue weighted by atomic mass is 32.2. The maximum Gasteiger partial charge on any atom is 0.263 e. The molecule has 0 aliphatic carbocycles. The van der Waals surface area contributed by atoms with Gasteiger partial charge in [-0.15, -0.1) is 0 Å². The summed E-state index contributed by atoms with van der Waals surface area (Å²) in [5, 5.41) is 7.05. The van der Waals surface area contributed by atoms with Crippen LogP contribution >= 0.6 is 0 Å². The fourth-order valence-corrected chi connectivity index (χ4v) is 4.50. The highest BCUT2D eigenvalue weighted by molar-refractivity contribution is 7.92. The fraction of sp³-hybridized carbons (Fsp3) is 0.154. The van der Waals surface area contributed by atoms with Crippen molar-refractivity contribution < 1.29 is 17.7 Å². The van der Waals surface area contributed by atoms with Crippen LogP contribution in [0.1, 0.15) is 39.7 Å². The van der Waals surface area contributed by atoms with Gasteiger partial charge in [0, 0.05) is 23.7 Å². The number of rotatable bonds is 9. The molecule has 4 aromatic rings. The van der Waals surface area contributed by atoms with E-state index in [0.717, 1.165) is 11.1 Å². The highest BCUT2D eigenvalue weighted by Crippen LogP contribution is 2.26. The van der Waals surface area contributed by atoms with E-state index in [1.165, 1.54) is 18.2 Å². The molecule has 0 aliphatic rings. The van der Waals surface area contributed by atoms with E-state index in [4.69, 9.17) is 4.52 Å². The fourth-order valence-electron chi connectivity index (χ4n) is 3.52. The lowest BCUT2D eigenvalue weighted by atomic mass is 9.97. The Morgan fingerprint density at radius 2 is 1.62 bits per heavy atom. The molecule has 2 N–H and O–H groups in total. The van der Waals surface area contributed by atoms with Crippen molar-refractivity contribution in [2.75, 3.05) is 10.0 Å². The van der Waals surface area contributed by atoms with Crippen LogP contribution in [-0.4, -0.2) is 19.4 Å². The van der Waals surface area contributed by atoms with E-state index in [-0.39, 0.29) is 29.0 Å². The molecule has 0 spiro atoms. The number of hydrogen-bond donors (Lipinski definition) is 2. The van der Waals surface area contributed by atoms with Gasteiger partial charge < -0.3 is 9.84 Å². The van der Waals surface area contributed by atoms with E-state index in [1.807, 2.05) is 49.4 Å². The molecule has 1 unspecified atom stereocenters. The van der Waals surface area contributed by atoms with Gasteiger partial charge in [-0.2, -0.15) is 0 Å². The van der Waals surface area contributed by atoms with Crippen LogP contribution in [0.3, 0.4) is 0 Å². The summed E-state index contributed by atoms with van der Waals surface area (Å²) in [4.78, 5) is 13.0. The molecule has 1 heterocycles. The molecule has 0 bridgehead atoms. The van der Waals surface area contributed by atoms with Crippen molar-refractivity contribution in [3.05, 3.63) is 107 Å². The lowest BCUT2D eigenvalue weighted by Gasteiger charge is -2.20. The molecule has 1 aromatic heterocycles. The molecule has 0 aliphatic heterocycles. The summed E-state index contributed by atoms with van der Waals surface area (Å²) in [7, 11) is -3.81. The van der Waals surface area contributed by atoms with Crippen LogP contribution in [0.15, 0.2) is 94.3 Å². The van der Waals surface area contributed by atoms with E-state index in [9.17, 15) is 13.2 Å². The van der Waals surface area contributed by atoms with Gasteiger partial charge in [-0.3, -0.25) is 9.52 Å². The molecule has 0 saturated heterocycles. The third kappa shape index (κ3) is 5.71. The number of aromatic nitrogens is 1. The maximum atomic E-state index is 12.9. The molecule has 0 radical (unpaired) electrons. The Bertz CT molecular complexity index is 1360. The molecular weight excluding hydrogens is 450 g/mol. The second-order valence-electron chi connectivity index (χ2n) is 8.05. The van der Waals surface area contributed by atoms with E-state index < -0.39 is 10.0 Å². The molecule has 0 amide bonds. The smallest absolute Gasteiger partial charge is 0.263 e. The summed E-state index contributed by atoms with van der Waals surface area (Å²) in [6.45, 7) is 3.69. The van der Waals surface area contributed by atoms with Crippen molar-refractivity contribution in [3.63, 3.8) is 0 Å². The Hall–Kier alpha value is -3.91. The number of carbonyl (C=O) groups is 1. The average molecular weight is 476 g/mol. The molecule has 1 atom stereocenters. The Labute approximate surface area is 198 Å². The predicted molar refractivity (Wildman–Crippen MR) is 131 cm³/mol. The number of nitrogens with zero attached hydrogens (tertiary/aromatic N) is 1. The molecule has 0 saturated carbocycles. The zero-order valence-electron chi connectivity index (χ0n) is 18.9. The highest BCUT2D eigenvalue weighted by Gasteiger charge is 2.19. The number of hydrogen-bond acceptors (Lipinski definition) is 6. The van der Waals surface area contributed by atoms with Crippen molar-refractivity contribution in [2.24, 2.45) is 0 Å². The van der Waals surface area contributed by atoms with E-state index in [2.05, 4.69) is 15.2 Å². The van der Waals surface area contributed by atoms with Gasteiger partial charge in [0.25, 0.3) is 10.0 Å². The van der Waals surface area contributed by atoms with Crippen LogP contribution in [-0.2, 0) is 10.0 Å². The number of nitrogens with one attached hydrogen (secondary N) is 2. The number of ketones is 1. The molecule has 7 nitrogen and oxygen atoms in total. The number of aryl methyl sites for hydroxylation is 2. The first-order chi connectivity index (χ1) is 16.3. The van der Waals surface area contributed by atoms with Crippen LogP contribution in [0.5, 0.6) is 0 Å². The van der Waals surface area contributed by atoms with E-state index in [0.29, 0.717) is 17.0 Å². The Balaban J connectivity index is 1.53. The average Bonchev–Trinajstić information content (AvgIpc) is 3.23. The summed E-state index contributed by atoms with van der Waals surface area (Å²) in [6, 6.07) is 24.7. The quantitative estimate of drug-likeness (QED) is 0.309. The number of benzene rings is 3.